The van der Waals surface area contributed by atoms with E-state index in [4.69, 9.17) is 5.73 Å². The first-order valence-electron chi connectivity index (χ1n) is 6.27. The van der Waals surface area contributed by atoms with Crippen LogP contribution in [0.4, 0.5) is 0 Å². The molecular weight excluding hydrogens is 196 g/mol. The summed E-state index contributed by atoms with van der Waals surface area (Å²) >= 11 is 0. The van der Waals surface area contributed by atoms with Crippen molar-refractivity contribution >= 4 is 0 Å². The molecule has 2 nitrogen and oxygen atoms in total. The second-order valence-electron chi connectivity index (χ2n) is 4.76. The van der Waals surface area contributed by atoms with Gasteiger partial charge in [0, 0.05) is 12.1 Å². The summed E-state index contributed by atoms with van der Waals surface area (Å²) in [6, 6.07) is 9.31. The van der Waals surface area contributed by atoms with Crippen LogP contribution in [0.2, 0.25) is 0 Å². The third-order valence-corrected chi connectivity index (χ3v) is 3.84. The Kier molecular flexibility index (Phi) is 3.62. The van der Waals surface area contributed by atoms with Crippen LogP contribution in [0.5, 0.6) is 0 Å². The minimum Gasteiger partial charge on any atom is -0.323 e. The molecule has 2 N–H and O–H groups in total. The van der Waals surface area contributed by atoms with Gasteiger partial charge in [-0.15, -0.1) is 0 Å². The molecule has 1 aliphatic rings. The first-order chi connectivity index (χ1) is 7.74. The van der Waals surface area contributed by atoms with E-state index in [9.17, 15) is 0 Å². The van der Waals surface area contributed by atoms with E-state index in [1.54, 1.807) is 0 Å². The number of likely N-dealkylation sites (N-methyl/N-ethyl adjacent to an activating group) is 1. The number of rotatable bonds is 2. The lowest BCUT2D eigenvalue weighted by molar-refractivity contribution is 0.210. The molecule has 0 fully saturated rings. The summed E-state index contributed by atoms with van der Waals surface area (Å²) in [6.07, 6.45) is 3.64. The van der Waals surface area contributed by atoms with Crippen molar-refractivity contribution < 1.29 is 0 Å². The van der Waals surface area contributed by atoms with Crippen LogP contribution in [0.15, 0.2) is 24.3 Å². The maximum absolute atomic E-state index is 6.43. The minimum atomic E-state index is 0.170. The zero-order chi connectivity index (χ0) is 11.5. The fourth-order valence-corrected chi connectivity index (χ4v) is 2.70. The molecule has 0 radical (unpaired) electrons. The van der Waals surface area contributed by atoms with Crippen molar-refractivity contribution in [3.05, 3.63) is 35.4 Å². The van der Waals surface area contributed by atoms with Gasteiger partial charge in [-0.25, -0.2) is 0 Å². The molecule has 0 saturated carbocycles. The van der Waals surface area contributed by atoms with Gasteiger partial charge in [0.15, 0.2) is 0 Å². The zero-order valence-electron chi connectivity index (χ0n) is 10.3. The Hall–Kier alpha value is -0.860. The predicted molar refractivity (Wildman–Crippen MR) is 68.4 cm³/mol. The van der Waals surface area contributed by atoms with Gasteiger partial charge in [0.1, 0.15) is 0 Å². The quantitative estimate of drug-likeness (QED) is 0.772. The molecule has 2 heteroatoms. The van der Waals surface area contributed by atoms with Crippen LogP contribution in [0.1, 0.15) is 36.9 Å². The van der Waals surface area contributed by atoms with E-state index in [1.165, 1.54) is 30.4 Å². The zero-order valence-corrected chi connectivity index (χ0v) is 10.3. The van der Waals surface area contributed by atoms with Crippen LogP contribution in [0, 0.1) is 0 Å². The molecule has 1 aromatic rings. The monoisotopic (exact) mass is 218 g/mol. The molecule has 0 aliphatic heterocycles. The van der Waals surface area contributed by atoms with Gasteiger partial charge in [-0.2, -0.15) is 0 Å². The summed E-state index contributed by atoms with van der Waals surface area (Å²) in [5.74, 6) is 0. The highest BCUT2D eigenvalue weighted by Crippen LogP contribution is 2.29. The van der Waals surface area contributed by atoms with Crippen molar-refractivity contribution in [1.29, 1.82) is 0 Å². The first kappa shape index (κ1) is 11.6. The molecule has 2 rings (SSSR count). The number of nitrogens with zero attached hydrogens (tertiary/aromatic N) is 1. The van der Waals surface area contributed by atoms with E-state index < -0.39 is 0 Å². The van der Waals surface area contributed by atoms with Gasteiger partial charge in [-0.05, 0) is 44.0 Å². The lowest BCUT2D eigenvalue weighted by Gasteiger charge is -2.31. The smallest absolute Gasteiger partial charge is 0.0455 e. The van der Waals surface area contributed by atoms with Crippen molar-refractivity contribution in [2.45, 2.75) is 38.3 Å². The van der Waals surface area contributed by atoms with Gasteiger partial charge in [-0.1, -0.05) is 31.2 Å². The maximum Gasteiger partial charge on any atom is 0.0455 e. The van der Waals surface area contributed by atoms with E-state index in [1.807, 2.05) is 0 Å². The fraction of sp³-hybridized carbons (Fsp3) is 0.571. The minimum absolute atomic E-state index is 0.170. The number of hydrogen-bond acceptors (Lipinski definition) is 2. The van der Waals surface area contributed by atoms with E-state index in [0.717, 1.165) is 6.54 Å². The Bertz CT molecular complexity index is 348. The number of benzene rings is 1. The molecule has 16 heavy (non-hydrogen) atoms. The number of fused-ring (bicyclic) bond motifs is 1. The summed E-state index contributed by atoms with van der Waals surface area (Å²) in [5, 5.41) is 0. The molecule has 0 aromatic heterocycles. The second-order valence-corrected chi connectivity index (χ2v) is 4.76. The average Bonchev–Trinajstić information content (AvgIpc) is 2.49. The summed E-state index contributed by atoms with van der Waals surface area (Å²) in [6.45, 7) is 3.27. The number of nitrogens with two attached hydrogens (primary N) is 1. The van der Waals surface area contributed by atoms with Crippen molar-refractivity contribution in [3.8, 4) is 0 Å². The molecule has 0 bridgehead atoms. The first-order valence-corrected chi connectivity index (χ1v) is 6.27. The Morgan fingerprint density at radius 3 is 2.88 bits per heavy atom. The predicted octanol–water partition coefficient (Wildman–Crippen LogP) is 2.34. The number of aryl methyl sites for hydroxylation is 1. The lowest BCUT2D eigenvalue weighted by Crippen LogP contribution is -2.40. The Morgan fingerprint density at radius 1 is 1.38 bits per heavy atom. The SMILES string of the molecule is CCN(C)C1CCCc2ccccc2C1N. The highest BCUT2D eigenvalue weighted by atomic mass is 15.1. The third kappa shape index (κ3) is 2.13. The van der Waals surface area contributed by atoms with Gasteiger partial charge < -0.3 is 10.6 Å². The molecule has 0 spiro atoms. The van der Waals surface area contributed by atoms with Crippen molar-refractivity contribution in [3.63, 3.8) is 0 Å². The highest BCUT2D eigenvalue weighted by molar-refractivity contribution is 5.32. The standard InChI is InChI=1S/C14H22N2/c1-3-16(2)13-10-6-8-11-7-4-5-9-12(11)14(13)15/h4-5,7,9,13-14H,3,6,8,10,15H2,1-2H3. The largest absolute Gasteiger partial charge is 0.323 e. The topological polar surface area (TPSA) is 29.3 Å². The number of hydrogen-bond donors (Lipinski definition) is 1. The molecular formula is C14H22N2. The van der Waals surface area contributed by atoms with Crippen molar-refractivity contribution in [2.24, 2.45) is 5.73 Å². The Morgan fingerprint density at radius 2 is 2.12 bits per heavy atom. The third-order valence-electron chi connectivity index (χ3n) is 3.84. The van der Waals surface area contributed by atoms with Gasteiger partial charge in [0.2, 0.25) is 0 Å². The summed E-state index contributed by atoms with van der Waals surface area (Å²) in [7, 11) is 2.18. The molecule has 1 aliphatic carbocycles. The van der Waals surface area contributed by atoms with Crippen LogP contribution in [-0.4, -0.2) is 24.5 Å². The normalized spacial score (nSPS) is 25.2. The molecule has 2 unspecified atom stereocenters. The van der Waals surface area contributed by atoms with Crippen molar-refractivity contribution in [2.75, 3.05) is 13.6 Å². The molecule has 2 atom stereocenters. The van der Waals surface area contributed by atoms with Gasteiger partial charge in [-0.3, -0.25) is 0 Å². The molecule has 0 heterocycles. The fourth-order valence-electron chi connectivity index (χ4n) is 2.70. The van der Waals surface area contributed by atoms with E-state index in [0.29, 0.717) is 6.04 Å². The van der Waals surface area contributed by atoms with Crippen LogP contribution < -0.4 is 5.73 Å². The van der Waals surface area contributed by atoms with Crippen LogP contribution >= 0.6 is 0 Å². The van der Waals surface area contributed by atoms with Crippen molar-refractivity contribution in [1.82, 2.24) is 4.90 Å². The molecule has 1 aromatic carbocycles. The van der Waals surface area contributed by atoms with Crippen LogP contribution in [0.3, 0.4) is 0 Å². The summed E-state index contributed by atoms with van der Waals surface area (Å²) in [4.78, 5) is 2.38. The van der Waals surface area contributed by atoms with Crippen LogP contribution in [-0.2, 0) is 6.42 Å². The van der Waals surface area contributed by atoms with Gasteiger partial charge in [0.05, 0.1) is 0 Å². The van der Waals surface area contributed by atoms with E-state index >= 15 is 0 Å². The van der Waals surface area contributed by atoms with E-state index in [2.05, 4.69) is 43.1 Å². The van der Waals surface area contributed by atoms with Gasteiger partial charge >= 0.3 is 0 Å². The lowest BCUT2D eigenvalue weighted by atomic mass is 9.96. The summed E-state index contributed by atoms with van der Waals surface area (Å²) in [5.41, 5.74) is 9.22. The Balaban J connectivity index is 2.29. The molecule has 0 saturated heterocycles. The summed E-state index contributed by atoms with van der Waals surface area (Å²) < 4.78 is 0. The average molecular weight is 218 g/mol. The molecule has 0 amide bonds. The van der Waals surface area contributed by atoms with Crippen LogP contribution in [0.25, 0.3) is 0 Å². The van der Waals surface area contributed by atoms with Gasteiger partial charge in [0.25, 0.3) is 0 Å². The highest BCUT2D eigenvalue weighted by Gasteiger charge is 2.26. The molecule has 88 valence electrons. The Labute approximate surface area is 98.4 Å². The maximum atomic E-state index is 6.43. The second kappa shape index (κ2) is 4.98. The van der Waals surface area contributed by atoms with E-state index in [-0.39, 0.29) is 6.04 Å².